The van der Waals surface area contributed by atoms with Gasteiger partial charge in [0.05, 0.1) is 17.3 Å². The van der Waals surface area contributed by atoms with E-state index in [9.17, 15) is 27.6 Å². The van der Waals surface area contributed by atoms with E-state index in [2.05, 4.69) is 15.3 Å². The normalized spacial score (nSPS) is 19.1. The van der Waals surface area contributed by atoms with Crippen LogP contribution in [-0.4, -0.2) is 57.2 Å². The molecule has 0 aliphatic carbocycles. The molecule has 0 unspecified atom stereocenters. The third kappa shape index (κ3) is 4.73. The number of urea groups is 1. The summed E-state index contributed by atoms with van der Waals surface area (Å²) < 4.78 is 39.8. The molecule has 4 amide bonds. The van der Waals surface area contributed by atoms with Crippen LogP contribution >= 0.6 is 0 Å². The summed E-state index contributed by atoms with van der Waals surface area (Å²) in [5.41, 5.74) is 5.92. The van der Waals surface area contributed by atoms with E-state index >= 15 is 0 Å². The molecule has 3 N–H and O–H groups in total. The molecule has 12 heteroatoms. The van der Waals surface area contributed by atoms with Crippen LogP contribution in [0.5, 0.6) is 0 Å². The van der Waals surface area contributed by atoms with Gasteiger partial charge in [-0.25, -0.2) is 14.8 Å². The van der Waals surface area contributed by atoms with Crippen molar-refractivity contribution in [3.63, 3.8) is 0 Å². The van der Waals surface area contributed by atoms with Crippen molar-refractivity contribution in [1.82, 2.24) is 25.1 Å². The predicted octanol–water partition coefficient (Wildman–Crippen LogP) is 2.35. The first-order valence-corrected chi connectivity index (χ1v) is 10.3. The molecule has 2 fully saturated rings. The number of nitrogens with two attached hydrogens (primary N) is 1. The van der Waals surface area contributed by atoms with Crippen molar-refractivity contribution in [2.24, 2.45) is 0 Å². The van der Waals surface area contributed by atoms with E-state index in [1.807, 2.05) is 0 Å². The Balaban J connectivity index is 1.68. The first-order chi connectivity index (χ1) is 15.6. The molecule has 1 atom stereocenters. The second kappa shape index (κ2) is 8.68. The number of rotatable bonds is 4. The van der Waals surface area contributed by atoms with Crippen molar-refractivity contribution >= 4 is 23.8 Å². The summed E-state index contributed by atoms with van der Waals surface area (Å²) in [7, 11) is 0. The van der Waals surface area contributed by atoms with Gasteiger partial charge in [0, 0.05) is 18.3 Å². The average molecular weight is 462 g/mol. The van der Waals surface area contributed by atoms with Crippen LogP contribution in [0.25, 0.3) is 11.1 Å². The van der Waals surface area contributed by atoms with Crippen molar-refractivity contribution in [2.75, 3.05) is 25.4 Å². The number of likely N-dealkylation sites (tertiary alicyclic amines) is 1. The van der Waals surface area contributed by atoms with Gasteiger partial charge in [0.25, 0.3) is 0 Å². The number of hydrogen-bond acceptors (Lipinski definition) is 6. The largest absolute Gasteiger partial charge is 0.416 e. The van der Waals surface area contributed by atoms with E-state index in [0.717, 1.165) is 23.5 Å². The molecule has 0 bridgehead atoms. The van der Waals surface area contributed by atoms with Crippen molar-refractivity contribution in [2.45, 2.75) is 31.5 Å². The number of nitrogen functional groups attached to an aromatic ring is 1. The lowest BCUT2D eigenvalue weighted by atomic mass is 9.93. The third-order valence-corrected chi connectivity index (χ3v) is 5.67. The molecule has 1 aromatic heterocycles. The lowest BCUT2D eigenvalue weighted by Crippen LogP contribution is -2.45. The molecule has 4 rings (SSSR count). The Morgan fingerprint density at radius 2 is 2.03 bits per heavy atom. The second-order valence-corrected chi connectivity index (χ2v) is 7.91. The van der Waals surface area contributed by atoms with E-state index in [1.54, 1.807) is 4.90 Å². The zero-order chi connectivity index (χ0) is 23.8. The number of hydrogen-bond donors (Lipinski definition) is 2. The molecular weight excluding hydrogens is 441 g/mol. The summed E-state index contributed by atoms with van der Waals surface area (Å²) in [5, 5.41) is 2.12. The number of nitrogens with one attached hydrogen (secondary N) is 1. The molecule has 2 aliphatic rings. The molecular formula is C21H21F3N6O3. The standard InChI is InChI=1S/C21H21F3N6O3/c22-21(23,24)13-5-3-4-12(8-13)14-9-26-19(25)28-18(14)15-6-1-2-7-30(15)17(32)11-29-10-16(31)27-20(29)33/h3-5,8-9,15H,1-2,6-7,10-11H2,(H2,25,26,28)(H,27,31,33)/t15-/m1/s1. The molecule has 1 aromatic carbocycles. The van der Waals surface area contributed by atoms with E-state index in [-0.39, 0.29) is 24.6 Å². The SMILES string of the molecule is Nc1ncc(-c2cccc(C(F)(F)F)c2)c([C@H]2CCCCN2C(=O)CN2CC(=O)NC2=O)n1. The van der Waals surface area contributed by atoms with E-state index in [1.165, 1.54) is 18.3 Å². The average Bonchev–Trinajstić information content (AvgIpc) is 3.09. The van der Waals surface area contributed by atoms with Crippen LogP contribution in [0, 0.1) is 0 Å². The maximum absolute atomic E-state index is 13.3. The smallest absolute Gasteiger partial charge is 0.368 e. The highest BCUT2D eigenvalue weighted by atomic mass is 19.4. The number of piperidine rings is 1. The molecule has 0 saturated carbocycles. The highest BCUT2D eigenvalue weighted by Gasteiger charge is 2.36. The fourth-order valence-corrected chi connectivity index (χ4v) is 4.13. The van der Waals surface area contributed by atoms with Gasteiger partial charge in [-0.05, 0) is 37.0 Å². The number of halogens is 3. The van der Waals surface area contributed by atoms with Crippen molar-refractivity contribution < 1.29 is 27.6 Å². The van der Waals surface area contributed by atoms with E-state index < -0.39 is 35.6 Å². The van der Waals surface area contributed by atoms with Crippen molar-refractivity contribution in [1.29, 1.82) is 0 Å². The maximum atomic E-state index is 13.3. The number of aromatic nitrogens is 2. The van der Waals surface area contributed by atoms with Crippen LogP contribution < -0.4 is 11.1 Å². The summed E-state index contributed by atoms with van der Waals surface area (Å²) >= 11 is 0. The number of anilines is 1. The Morgan fingerprint density at radius 3 is 2.73 bits per heavy atom. The maximum Gasteiger partial charge on any atom is 0.416 e. The van der Waals surface area contributed by atoms with Crippen molar-refractivity contribution in [3.8, 4) is 11.1 Å². The van der Waals surface area contributed by atoms with Crippen LogP contribution in [0.2, 0.25) is 0 Å². The predicted molar refractivity (Wildman–Crippen MR) is 110 cm³/mol. The molecule has 9 nitrogen and oxygen atoms in total. The Labute approximate surface area is 186 Å². The van der Waals surface area contributed by atoms with Gasteiger partial charge >= 0.3 is 12.2 Å². The second-order valence-electron chi connectivity index (χ2n) is 7.91. The number of benzene rings is 1. The lowest BCUT2D eigenvalue weighted by Gasteiger charge is -2.37. The Kier molecular flexibility index (Phi) is 5.91. The summed E-state index contributed by atoms with van der Waals surface area (Å²) in [6, 6.07) is 3.59. The minimum Gasteiger partial charge on any atom is -0.368 e. The van der Waals surface area contributed by atoms with Gasteiger partial charge in [0.15, 0.2) is 0 Å². The zero-order valence-electron chi connectivity index (χ0n) is 17.4. The number of imide groups is 1. The molecule has 0 radical (unpaired) electrons. The molecule has 2 aromatic rings. The molecule has 174 valence electrons. The minimum atomic E-state index is -4.52. The molecule has 2 saturated heterocycles. The van der Waals surface area contributed by atoms with Gasteiger partial charge in [-0.1, -0.05) is 12.1 Å². The molecule has 3 heterocycles. The first-order valence-electron chi connectivity index (χ1n) is 10.3. The number of carbonyl (C=O) groups is 3. The fraction of sp³-hybridized carbons (Fsp3) is 0.381. The number of carbonyl (C=O) groups excluding carboxylic acids is 3. The first kappa shape index (κ1) is 22.5. The van der Waals surface area contributed by atoms with E-state index in [0.29, 0.717) is 30.6 Å². The van der Waals surface area contributed by atoms with Crippen LogP contribution in [0.1, 0.15) is 36.6 Å². The van der Waals surface area contributed by atoms with Crippen LogP contribution in [0.15, 0.2) is 30.5 Å². The monoisotopic (exact) mass is 462 g/mol. The highest BCUT2D eigenvalue weighted by Crippen LogP contribution is 2.38. The quantitative estimate of drug-likeness (QED) is 0.673. The van der Waals surface area contributed by atoms with Gasteiger partial charge < -0.3 is 15.5 Å². The summed E-state index contributed by atoms with van der Waals surface area (Å²) in [4.78, 5) is 47.3. The van der Waals surface area contributed by atoms with Gasteiger partial charge in [0.1, 0.15) is 13.1 Å². The topological polar surface area (TPSA) is 122 Å². The van der Waals surface area contributed by atoms with E-state index in [4.69, 9.17) is 5.73 Å². The van der Waals surface area contributed by atoms with Gasteiger partial charge in [0.2, 0.25) is 17.8 Å². The number of amides is 4. The number of nitrogens with zero attached hydrogens (tertiary/aromatic N) is 4. The van der Waals surface area contributed by atoms with Gasteiger partial charge in [-0.2, -0.15) is 13.2 Å². The number of alkyl halides is 3. The summed E-state index contributed by atoms with van der Waals surface area (Å²) in [6.07, 6.45) is -1.17. The Morgan fingerprint density at radius 1 is 1.24 bits per heavy atom. The Hall–Kier alpha value is -3.70. The van der Waals surface area contributed by atoms with Gasteiger partial charge in [-0.15, -0.1) is 0 Å². The summed E-state index contributed by atoms with van der Waals surface area (Å²) in [5.74, 6) is -0.946. The molecule has 2 aliphatic heterocycles. The van der Waals surface area contributed by atoms with Crippen LogP contribution in [-0.2, 0) is 15.8 Å². The third-order valence-electron chi connectivity index (χ3n) is 5.67. The summed E-state index contributed by atoms with van der Waals surface area (Å²) in [6.45, 7) is -0.134. The van der Waals surface area contributed by atoms with Crippen molar-refractivity contribution in [3.05, 3.63) is 41.7 Å². The zero-order valence-corrected chi connectivity index (χ0v) is 17.4. The molecule has 0 spiro atoms. The van der Waals surface area contributed by atoms with Crippen LogP contribution in [0.3, 0.4) is 0 Å². The lowest BCUT2D eigenvalue weighted by molar-refractivity contribution is -0.137. The minimum absolute atomic E-state index is 0.0665. The molecule has 33 heavy (non-hydrogen) atoms. The Bertz CT molecular complexity index is 1110. The highest BCUT2D eigenvalue weighted by molar-refractivity contribution is 6.03. The van der Waals surface area contributed by atoms with Crippen LogP contribution in [0.4, 0.5) is 23.9 Å². The fourth-order valence-electron chi connectivity index (χ4n) is 4.13. The van der Waals surface area contributed by atoms with Gasteiger partial charge in [-0.3, -0.25) is 14.9 Å².